The van der Waals surface area contributed by atoms with Gasteiger partial charge in [0.15, 0.2) is 0 Å². The first-order chi connectivity index (χ1) is 9.02. The SMILES string of the molecule is CSC(C)(C)CNCC(=O)N1CCc2sccc2C1. The van der Waals surface area contributed by atoms with E-state index in [1.165, 1.54) is 10.4 Å². The number of nitrogens with one attached hydrogen (secondary N) is 1. The molecule has 5 heteroatoms. The summed E-state index contributed by atoms with van der Waals surface area (Å²) in [5.41, 5.74) is 1.33. The monoisotopic (exact) mass is 298 g/mol. The molecule has 2 rings (SSSR count). The fourth-order valence-electron chi connectivity index (χ4n) is 2.12. The summed E-state index contributed by atoms with van der Waals surface area (Å²) >= 11 is 3.63. The normalized spacial score (nSPS) is 15.4. The van der Waals surface area contributed by atoms with E-state index < -0.39 is 0 Å². The van der Waals surface area contributed by atoms with Gasteiger partial charge in [-0.3, -0.25) is 4.79 Å². The summed E-state index contributed by atoms with van der Waals surface area (Å²) in [5.74, 6) is 0.216. The summed E-state index contributed by atoms with van der Waals surface area (Å²) in [6, 6.07) is 2.14. The van der Waals surface area contributed by atoms with Gasteiger partial charge in [0.05, 0.1) is 6.54 Å². The molecule has 3 nitrogen and oxygen atoms in total. The first kappa shape index (κ1) is 14.9. The molecule has 0 unspecified atom stereocenters. The summed E-state index contributed by atoms with van der Waals surface area (Å²) in [6.45, 7) is 7.33. The third-order valence-corrected chi connectivity index (χ3v) is 5.81. The molecular formula is C14H22N2OS2. The molecule has 0 saturated heterocycles. The molecule has 106 valence electrons. The first-order valence-corrected chi connectivity index (χ1v) is 8.71. The van der Waals surface area contributed by atoms with Crippen LogP contribution in [0.4, 0.5) is 0 Å². The van der Waals surface area contributed by atoms with Gasteiger partial charge in [0, 0.05) is 29.3 Å². The average molecular weight is 298 g/mol. The maximum absolute atomic E-state index is 12.2. The van der Waals surface area contributed by atoms with Crippen LogP contribution in [-0.2, 0) is 17.8 Å². The lowest BCUT2D eigenvalue weighted by Gasteiger charge is -2.28. The third-order valence-electron chi connectivity index (χ3n) is 3.54. The minimum Gasteiger partial charge on any atom is -0.337 e. The van der Waals surface area contributed by atoms with Crippen LogP contribution < -0.4 is 5.32 Å². The zero-order chi connectivity index (χ0) is 13.9. The van der Waals surface area contributed by atoms with E-state index in [2.05, 4.69) is 36.9 Å². The van der Waals surface area contributed by atoms with Gasteiger partial charge in [-0.05, 0) is 43.5 Å². The first-order valence-electron chi connectivity index (χ1n) is 6.61. The molecule has 1 amide bonds. The Morgan fingerprint density at radius 1 is 1.58 bits per heavy atom. The van der Waals surface area contributed by atoms with E-state index in [9.17, 15) is 4.79 Å². The summed E-state index contributed by atoms with van der Waals surface area (Å²) in [5, 5.41) is 5.40. The van der Waals surface area contributed by atoms with Crippen molar-refractivity contribution in [2.45, 2.75) is 31.6 Å². The van der Waals surface area contributed by atoms with E-state index in [4.69, 9.17) is 0 Å². The van der Waals surface area contributed by atoms with Crippen molar-refractivity contribution < 1.29 is 4.79 Å². The zero-order valence-electron chi connectivity index (χ0n) is 11.9. The van der Waals surface area contributed by atoms with Crippen molar-refractivity contribution in [2.75, 3.05) is 25.9 Å². The second-order valence-electron chi connectivity index (χ2n) is 5.50. The van der Waals surface area contributed by atoms with E-state index in [0.29, 0.717) is 6.54 Å². The van der Waals surface area contributed by atoms with Crippen molar-refractivity contribution in [3.05, 3.63) is 21.9 Å². The van der Waals surface area contributed by atoms with Gasteiger partial charge in [0.2, 0.25) is 5.91 Å². The minimum atomic E-state index is 0.183. The van der Waals surface area contributed by atoms with Gasteiger partial charge in [0.25, 0.3) is 0 Å². The van der Waals surface area contributed by atoms with E-state index in [-0.39, 0.29) is 10.7 Å². The number of thioether (sulfide) groups is 1. The van der Waals surface area contributed by atoms with Gasteiger partial charge >= 0.3 is 0 Å². The molecule has 1 aliphatic heterocycles. The molecule has 1 aromatic rings. The van der Waals surface area contributed by atoms with Crippen LogP contribution in [-0.4, -0.2) is 41.4 Å². The molecule has 0 saturated carbocycles. The molecular weight excluding hydrogens is 276 g/mol. The Balaban J connectivity index is 1.79. The van der Waals surface area contributed by atoms with Crippen LogP contribution in [0.25, 0.3) is 0 Å². The molecule has 0 aliphatic carbocycles. The molecule has 19 heavy (non-hydrogen) atoms. The quantitative estimate of drug-likeness (QED) is 0.906. The maximum Gasteiger partial charge on any atom is 0.236 e. The molecule has 0 fully saturated rings. The Hall–Kier alpha value is -0.520. The highest BCUT2D eigenvalue weighted by molar-refractivity contribution is 7.99. The topological polar surface area (TPSA) is 32.3 Å². The van der Waals surface area contributed by atoms with Crippen molar-refractivity contribution in [1.29, 1.82) is 0 Å². The number of thiophene rings is 1. The van der Waals surface area contributed by atoms with Crippen LogP contribution in [0.3, 0.4) is 0 Å². The lowest BCUT2D eigenvalue weighted by atomic mass is 10.1. The second kappa shape index (κ2) is 6.29. The lowest BCUT2D eigenvalue weighted by molar-refractivity contribution is -0.131. The lowest BCUT2D eigenvalue weighted by Crippen LogP contribution is -2.43. The molecule has 1 N–H and O–H groups in total. The third kappa shape index (κ3) is 3.97. The molecule has 1 aromatic heterocycles. The van der Waals surface area contributed by atoms with Gasteiger partial charge in [-0.1, -0.05) is 0 Å². The predicted octanol–water partition coefficient (Wildman–Crippen LogP) is 2.36. The molecule has 0 radical (unpaired) electrons. The van der Waals surface area contributed by atoms with E-state index in [0.717, 1.165) is 26.1 Å². The van der Waals surface area contributed by atoms with Gasteiger partial charge < -0.3 is 10.2 Å². The van der Waals surface area contributed by atoms with Crippen LogP contribution in [0.5, 0.6) is 0 Å². The Bertz CT molecular complexity index is 442. The Morgan fingerprint density at radius 3 is 3.11 bits per heavy atom. The maximum atomic E-state index is 12.2. The number of carbonyl (C=O) groups is 1. The highest BCUT2D eigenvalue weighted by Crippen LogP contribution is 2.24. The smallest absolute Gasteiger partial charge is 0.236 e. The fourth-order valence-corrected chi connectivity index (χ4v) is 3.25. The van der Waals surface area contributed by atoms with E-state index in [1.807, 2.05) is 16.7 Å². The van der Waals surface area contributed by atoms with Crippen LogP contribution in [0, 0.1) is 0 Å². The Labute approximate surface area is 123 Å². The summed E-state index contributed by atoms with van der Waals surface area (Å²) in [6.07, 6.45) is 3.11. The average Bonchev–Trinajstić information content (AvgIpc) is 2.85. The van der Waals surface area contributed by atoms with Gasteiger partial charge in [-0.2, -0.15) is 11.8 Å². The molecule has 0 aromatic carbocycles. The fraction of sp³-hybridized carbons (Fsp3) is 0.643. The number of rotatable bonds is 5. The van der Waals surface area contributed by atoms with Crippen molar-refractivity contribution in [3.63, 3.8) is 0 Å². The Morgan fingerprint density at radius 2 is 2.37 bits per heavy atom. The summed E-state index contributed by atoms with van der Waals surface area (Å²) in [7, 11) is 0. The molecule has 0 atom stereocenters. The highest BCUT2D eigenvalue weighted by Gasteiger charge is 2.22. The zero-order valence-corrected chi connectivity index (χ0v) is 13.5. The van der Waals surface area contributed by atoms with Gasteiger partial charge in [-0.15, -0.1) is 11.3 Å². The van der Waals surface area contributed by atoms with Crippen molar-refractivity contribution in [3.8, 4) is 0 Å². The number of nitrogens with zero attached hydrogens (tertiary/aromatic N) is 1. The van der Waals surface area contributed by atoms with Crippen molar-refractivity contribution >= 4 is 29.0 Å². The molecule has 0 bridgehead atoms. The van der Waals surface area contributed by atoms with Crippen molar-refractivity contribution in [2.24, 2.45) is 0 Å². The minimum absolute atomic E-state index is 0.183. The molecule has 1 aliphatic rings. The summed E-state index contributed by atoms with van der Waals surface area (Å²) < 4.78 is 0.183. The van der Waals surface area contributed by atoms with Crippen LogP contribution in [0.15, 0.2) is 11.4 Å². The van der Waals surface area contributed by atoms with Gasteiger partial charge in [-0.25, -0.2) is 0 Å². The van der Waals surface area contributed by atoms with Gasteiger partial charge in [0.1, 0.15) is 0 Å². The van der Waals surface area contributed by atoms with Crippen molar-refractivity contribution in [1.82, 2.24) is 10.2 Å². The predicted molar refractivity (Wildman–Crippen MR) is 83.9 cm³/mol. The van der Waals surface area contributed by atoms with Crippen LogP contribution in [0.2, 0.25) is 0 Å². The molecule has 0 spiro atoms. The molecule has 2 heterocycles. The number of carbonyl (C=O) groups excluding carboxylic acids is 1. The number of amides is 1. The summed E-state index contributed by atoms with van der Waals surface area (Å²) in [4.78, 5) is 15.6. The largest absolute Gasteiger partial charge is 0.337 e. The second-order valence-corrected chi connectivity index (χ2v) is 8.02. The highest BCUT2D eigenvalue weighted by atomic mass is 32.2. The number of hydrogen-bond acceptors (Lipinski definition) is 4. The Kier molecular flexibility index (Phi) is 4.92. The number of fused-ring (bicyclic) bond motifs is 1. The van der Waals surface area contributed by atoms with Crippen LogP contribution in [0.1, 0.15) is 24.3 Å². The number of hydrogen-bond donors (Lipinski definition) is 1. The van der Waals surface area contributed by atoms with E-state index >= 15 is 0 Å². The van der Waals surface area contributed by atoms with E-state index in [1.54, 1.807) is 11.3 Å². The standard InChI is InChI=1S/C14H22N2OS2/c1-14(2,18-3)10-15-8-13(17)16-6-4-12-11(9-16)5-7-19-12/h5,7,15H,4,6,8-10H2,1-3H3. The van der Waals surface area contributed by atoms with Crippen LogP contribution >= 0.6 is 23.1 Å².